The number of carbonyl (C=O) groups is 2. The van der Waals surface area contributed by atoms with Crippen LogP contribution < -0.4 is 62.9 Å². The van der Waals surface area contributed by atoms with Crippen LogP contribution in [0.1, 0.15) is 28.1 Å². The zero-order valence-corrected chi connectivity index (χ0v) is 13.2. The summed E-state index contributed by atoms with van der Waals surface area (Å²) < 4.78 is 0. The van der Waals surface area contributed by atoms with Gasteiger partial charge < -0.3 is 12.9 Å². The van der Waals surface area contributed by atoms with Crippen molar-refractivity contribution in [2.75, 3.05) is 0 Å². The van der Waals surface area contributed by atoms with Crippen molar-refractivity contribution >= 4 is 35.7 Å². The molecule has 0 atom stereocenters. The van der Waals surface area contributed by atoms with Crippen LogP contribution in [0.5, 0.6) is 0 Å². The Morgan fingerprint density at radius 3 is 1.15 bits per heavy atom. The molecule has 0 unspecified atom stereocenters. The van der Waals surface area contributed by atoms with Gasteiger partial charge in [-0.2, -0.15) is 0 Å². The number of nitrogens with two attached hydrogens (primary N) is 2. The first kappa shape index (κ1) is 23.8. The Labute approximate surface area is 134 Å². The van der Waals surface area contributed by atoms with E-state index in [9.17, 15) is 0 Å². The van der Waals surface area contributed by atoms with Crippen molar-refractivity contribution in [2.45, 2.75) is 26.7 Å². The maximum atomic E-state index is 9.09. The Morgan fingerprint density at radius 2 is 1.15 bits per heavy atom. The minimum Gasteiger partial charge on any atom is -1.00 e. The van der Waals surface area contributed by atoms with Crippen LogP contribution in [0.15, 0.2) is 0 Å². The third kappa shape index (κ3) is 326. The standard InChI is InChI=1S/C4H10.2CH3NOS.K.H/c1-3-4-2;2*2-1(3)4;;/h3-4H2,1-2H3;2*(H3,2,3,4);;/q;;;+1;-1. The van der Waals surface area contributed by atoms with Crippen LogP contribution in [0.4, 0.5) is 9.59 Å². The van der Waals surface area contributed by atoms with Crippen molar-refractivity contribution < 1.29 is 62.4 Å². The van der Waals surface area contributed by atoms with E-state index in [-0.39, 0.29) is 52.8 Å². The molecular weight excluding hydrogens is 235 g/mol. The van der Waals surface area contributed by atoms with Crippen LogP contribution in [0.2, 0.25) is 0 Å². The first-order valence-electron chi connectivity index (χ1n) is 3.35. The van der Waals surface area contributed by atoms with E-state index in [1.807, 2.05) is 0 Å². The number of rotatable bonds is 1. The summed E-state index contributed by atoms with van der Waals surface area (Å²) in [6.07, 6.45) is 2.64. The van der Waals surface area contributed by atoms with Crippen molar-refractivity contribution in [1.29, 1.82) is 0 Å². The average Bonchev–Trinajstić information content (AvgIpc) is 1.85. The van der Waals surface area contributed by atoms with Gasteiger partial charge in [-0.3, -0.25) is 9.59 Å². The molecule has 13 heavy (non-hydrogen) atoms. The number of primary amides is 2. The van der Waals surface area contributed by atoms with Gasteiger partial charge in [-0.25, -0.2) is 0 Å². The van der Waals surface area contributed by atoms with Gasteiger partial charge in [-0.15, -0.1) is 0 Å². The van der Waals surface area contributed by atoms with E-state index in [0.717, 1.165) is 0 Å². The van der Waals surface area contributed by atoms with Crippen molar-refractivity contribution in [3.8, 4) is 0 Å². The van der Waals surface area contributed by atoms with Gasteiger partial charge in [0, 0.05) is 0 Å². The molecule has 0 heterocycles. The molecule has 0 rings (SSSR count). The van der Waals surface area contributed by atoms with E-state index in [4.69, 9.17) is 9.59 Å². The molecule has 7 heteroatoms. The van der Waals surface area contributed by atoms with Crippen molar-refractivity contribution in [3.05, 3.63) is 0 Å². The first-order chi connectivity index (χ1) is 5.38. The Hall–Kier alpha value is 1.28. The van der Waals surface area contributed by atoms with Crippen LogP contribution in [0.25, 0.3) is 0 Å². The zero-order chi connectivity index (χ0) is 10.6. The fraction of sp³-hybridized carbons (Fsp3) is 0.667. The van der Waals surface area contributed by atoms with Gasteiger partial charge in [0.1, 0.15) is 0 Å². The molecule has 0 spiro atoms. The minimum atomic E-state index is -0.639. The third-order valence-corrected chi connectivity index (χ3v) is 0.500. The molecule has 4 N–H and O–H groups in total. The second-order valence-electron chi connectivity index (χ2n) is 1.68. The van der Waals surface area contributed by atoms with Crippen LogP contribution in [-0.2, 0) is 0 Å². The van der Waals surface area contributed by atoms with E-state index in [1.165, 1.54) is 12.8 Å². The third-order valence-electron chi connectivity index (χ3n) is 0.500. The summed E-state index contributed by atoms with van der Waals surface area (Å²) in [7, 11) is 0. The van der Waals surface area contributed by atoms with Gasteiger partial charge >= 0.3 is 51.4 Å². The number of carbonyl (C=O) groups excluding carboxylic acids is 2. The second kappa shape index (κ2) is 23.3. The fourth-order valence-corrected chi connectivity index (χ4v) is 0. The number of unbranched alkanes of at least 4 members (excludes halogenated alkanes) is 1. The normalized spacial score (nSPS) is 6.15. The summed E-state index contributed by atoms with van der Waals surface area (Å²) >= 11 is 6.21. The van der Waals surface area contributed by atoms with Crippen LogP contribution >= 0.6 is 25.3 Å². The molecule has 76 valence electrons. The molecule has 0 aliphatic carbocycles. The van der Waals surface area contributed by atoms with Crippen LogP contribution in [-0.4, -0.2) is 10.5 Å². The molecule has 0 saturated carbocycles. The monoisotopic (exact) mass is 252 g/mol. The molecule has 0 aliphatic rings. The molecular formula is C6H17KN2O2S2. The smallest absolute Gasteiger partial charge is 1.00 e. The molecule has 0 aromatic carbocycles. The van der Waals surface area contributed by atoms with Crippen LogP contribution in [0.3, 0.4) is 0 Å². The zero-order valence-electron chi connectivity index (χ0n) is 9.28. The average molecular weight is 252 g/mol. The van der Waals surface area contributed by atoms with E-state index < -0.39 is 10.5 Å². The molecule has 0 saturated heterocycles. The molecule has 0 fully saturated rings. The fourth-order valence-electron chi connectivity index (χ4n) is 0. The number of amides is 2. The van der Waals surface area contributed by atoms with Crippen molar-refractivity contribution in [2.24, 2.45) is 11.5 Å². The topological polar surface area (TPSA) is 86.2 Å². The van der Waals surface area contributed by atoms with Crippen molar-refractivity contribution in [3.63, 3.8) is 0 Å². The maximum Gasteiger partial charge on any atom is 1.00 e. The first-order valence-corrected chi connectivity index (χ1v) is 4.24. The maximum absolute atomic E-state index is 9.09. The quantitative estimate of drug-likeness (QED) is 0.353. The molecule has 0 radical (unpaired) electrons. The molecule has 0 aromatic heterocycles. The summed E-state index contributed by atoms with van der Waals surface area (Å²) in [4.78, 5) is 18.2. The SMILES string of the molecule is CCCC.NC(=O)S.NC(=O)S.[H-].[K+]. The minimum absolute atomic E-state index is 0. The number of thiol groups is 2. The summed E-state index contributed by atoms with van der Waals surface area (Å²) in [5.74, 6) is 0. The Morgan fingerprint density at radius 1 is 1.08 bits per heavy atom. The summed E-state index contributed by atoms with van der Waals surface area (Å²) in [5, 5.41) is -1.28. The molecule has 0 aliphatic heterocycles. The number of hydrogen-bond donors (Lipinski definition) is 4. The molecule has 0 bridgehead atoms. The Bertz CT molecular complexity index is 108. The van der Waals surface area contributed by atoms with E-state index in [1.54, 1.807) is 0 Å². The van der Waals surface area contributed by atoms with E-state index in [2.05, 4.69) is 50.6 Å². The Kier molecular flexibility index (Phi) is 42.6. The van der Waals surface area contributed by atoms with E-state index >= 15 is 0 Å². The van der Waals surface area contributed by atoms with Gasteiger partial charge in [-0.1, -0.05) is 51.9 Å². The molecule has 2 amide bonds. The van der Waals surface area contributed by atoms with Gasteiger partial charge in [0.15, 0.2) is 0 Å². The largest absolute Gasteiger partial charge is 1.00 e. The van der Waals surface area contributed by atoms with Crippen LogP contribution in [0, 0.1) is 0 Å². The second-order valence-corrected chi connectivity index (χ2v) is 2.56. The summed E-state index contributed by atoms with van der Waals surface area (Å²) in [6, 6.07) is 0. The van der Waals surface area contributed by atoms with Gasteiger partial charge in [0.05, 0.1) is 0 Å². The Balaban J connectivity index is -0.0000000270. The summed E-state index contributed by atoms with van der Waals surface area (Å²) in [5.41, 5.74) is 8.67. The van der Waals surface area contributed by atoms with E-state index in [0.29, 0.717) is 0 Å². The van der Waals surface area contributed by atoms with Gasteiger partial charge in [0.25, 0.3) is 10.5 Å². The van der Waals surface area contributed by atoms with Crippen molar-refractivity contribution in [1.82, 2.24) is 0 Å². The predicted octanol–water partition coefficient (Wildman–Crippen LogP) is -1.09. The summed E-state index contributed by atoms with van der Waals surface area (Å²) in [6.45, 7) is 4.36. The molecule has 0 aromatic rings. The molecule has 4 nitrogen and oxygen atoms in total. The predicted molar refractivity (Wildman–Crippen MR) is 58.8 cm³/mol. The van der Waals surface area contributed by atoms with Gasteiger partial charge in [0.2, 0.25) is 0 Å². The number of hydrogen-bond acceptors (Lipinski definition) is 2. The van der Waals surface area contributed by atoms with Gasteiger partial charge in [-0.05, 0) is 0 Å².